The summed E-state index contributed by atoms with van der Waals surface area (Å²) in [5, 5.41) is 0. The molecule has 0 bridgehead atoms. The van der Waals surface area contributed by atoms with Crippen LogP contribution in [0.4, 0.5) is 0 Å². The molecule has 0 amide bonds. The topological polar surface area (TPSA) is 0 Å². The molecule has 6 aromatic rings. The highest BCUT2D eigenvalue weighted by molar-refractivity contribution is 7.26. The third-order valence-electron chi connectivity index (χ3n) is 6.24. The minimum absolute atomic E-state index is 1.28. The minimum atomic E-state index is 1.28. The highest BCUT2D eigenvalue weighted by atomic mass is 32.1. The van der Waals surface area contributed by atoms with E-state index in [2.05, 4.69) is 123 Å². The monoisotopic (exact) mass is 504 g/mol. The maximum Gasteiger partial charge on any atom is 0.0530 e. The van der Waals surface area contributed by atoms with Gasteiger partial charge in [0.15, 0.2) is 0 Å². The van der Waals surface area contributed by atoms with E-state index in [0.29, 0.717) is 0 Å². The fourth-order valence-electron chi connectivity index (χ4n) is 4.45. The van der Waals surface area contributed by atoms with E-state index in [4.69, 9.17) is 0 Å². The van der Waals surface area contributed by atoms with Gasteiger partial charge in [-0.05, 0) is 59.9 Å². The summed E-state index contributed by atoms with van der Waals surface area (Å²) in [7, 11) is 0. The van der Waals surface area contributed by atoms with Crippen LogP contribution in [-0.2, 0) is 0 Å². The van der Waals surface area contributed by atoms with Crippen molar-refractivity contribution in [1.29, 1.82) is 0 Å². The molecule has 3 aromatic heterocycles. The average Bonchev–Trinajstić information content (AvgIpc) is 3.62. The Kier molecular flexibility index (Phi) is 5.99. The molecule has 0 unspecified atom stereocenters. The van der Waals surface area contributed by atoms with Crippen molar-refractivity contribution >= 4 is 34.0 Å². The molecule has 0 saturated carbocycles. The van der Waals surface area contributed by atoms with Gasteiger partial charge in [-0.3, -0.25) is 0 Å². The number of rotatable bonds is 5. The van der Waals surface area contributed by atoms with Crippen LogP contribution in [0.25, 0.3) is 52.2 Å². The van der Waals surface area contributed by atoms with Gasteiger partial charge in [0.1, 0.15) is 0 Å². The molecule has 3 aromatic carbocycles. The van der Waals surface area contributed by atoms with E-state index in [1.165, 1.54) is 62.6 Å². The zero-order valence-corrected chi connectivity index (χ0v) is 22.1. The van der Waals surface area contributed by atoms with Crippen molar-refractivity contribution in [3.63, 3.8) is 0 Å². The van der Waals surface area contributed by atoms with Gasteiger partial charge in [-0.15, -0.1) is 34.0 Å². The van der Waals surface area contributed by atoms with E-state index in [1.807, 2.05) is 34.0 Å². The molecule has 0 aliphatic rings. The Morgan fingerprint density at radius 2 is 0.857 bits per heavy atom. The molecule has 0 atom stereocenters. The van der Waals surface area contributed by atoms with Crippen molar-refractivity contribution in [2.75, 3.05) is 0 Å². The van der Waals surface area contributed by atoms with E-state index >= 15 is 0 Å². The summed E-state index contributed by atoms with van der Waals surface area (Å²) in [4.78, 5) is 8.07. The fraction of sp³-hybridized carbons (Fsp3) is 0.0625. The van der Waals surface area contributed by atoms with Gasteiger partial charge < -0.3 is 0 Å². The average molecular weight is 505 g/mol. The van der Waals surface area contributed by atoms with E-state index in [9.17, 15) is 0 Å². The van der Waals surface area contributed by atoms with Gasteiger partial charge in [-0.25, -0.2) is 0 Å². The largest absolute Gasteiger partial charge is 0.140 e. The van der Waals surface area contributed by atoms with Gasteiger partial charge in [0.25, 0.3) is 0 Å². The predicted molar refractivity (Wildman–Crippen MR) is 157 cm³/mol. The Balaban J connectivity index is 1.53. The molecule has 6 rings (SSSR count). The molecule has 0 N–H and O–H groups in total. The van der Waals surface area contributed by atoms with Gasteiger partial charge in [0.05, 0.1) is 4.88 Å². The molecule has 170 valence electrons. The van der Waals surface area contributed by atoms with Crippen molar-refractivity contribution in [1.82, 2.24) is 0 Å². The lowest BCUT2D eigenvalue weighted by Gasteiger charge is -2.03. The van der Waals surface area contributed by atoms with Crippen molar-refractivity contribution < 1.29 is 0 Å². The third-order valence-corrected chi connectivity index (χ3v) is 9.97. The number of aryl methyl sites for hydroxylation is 2. The Hall–Kier alpha value is -3.24. The SMILES string of the molecule is Cc1cc(-c2ccccc2)sc1-c1sc(-c2ccccc2)cc1-c1cc(-c2ccccc2)sc1C. The number of benzene rings is 3. The van der Waals surface area contributed by atoms with Crippen molar-refractivity contribution in [3.05, 3.63) is 120 Å². The second-order valence-electron chi connectivity index (χ2n) is 8.65. The Morgan fingerprint density at radius 3 is 1.40 bits per heavy atom. The smallest absolute Gasteiger partial charge is 0.0530 e. The number of hydrogen-bond donors (Lipinski definition) is 0. The normalized spacial score (nSPS) is 11.1. The predicted octanol–water partition coefficient (Wildman–Crippen LogP) is 10.8. The molecule has 0 saturated heterocycles. The second kappa shape index (κ2) is 9.43. The number of thiophene rings is 3. The van der Waals surface area contributed by atoms with Crippen LogP contribution in [-0.4, -0.2) is 0 Å². The Morgan fingerprint density at radius 1 is 0.429 bits per heavy atom. The Bertz CT molecular complexity index is 1480. The van der Waals surface area contributed by atoms with Gasteiger partial charge >= 0.3 is 0 Å². The molecule has 0 aliphatic heterocycles. The summed E-state index contributed by atoms with van der Waals surface area (Å²) in [5.74, 6) is 0. The van der Waals surface area contributed by atoms with E-state index < -0.39 is 0 Å². The zero-order valence-electron chi connectivity index (χ0n) is 19.6. The van der Waals surface area contributed by atoms with Crippen LogP contribution in [0.5, 0.6) is 0 Å². The van der Waals surface area contributed by atoms with Crippen LogP contribution >= 0.6 is 34.0 Å². The van der Waals surface area contributed by atoms with Crippen LogP contribution in [0.1, 0.15) is 10.4 Å². The first-order valence-electron chi connectivity index (χ1n) is 11.7. The van der Waals surface area contributed by atoms with E-state index in [0.717, 1.165) is 0 Å². The number of hydrogen-bond acceptors (Lipinski definition) is 3. The first-order valence-corrected chi connectivity index (χ1v) is 14.1. The summed E-state index contributed by atoms with van der Waals surface area (Å²) in [6.45, 7) is 4.51. The molecule has 0 spiro atoms. The first kappa shape index (κ1) is 22.2. The summed E-state index contributed by atoms with van der Waals surface area (Å²) in [6, 6.07) is 39.4. The quantitative estimate of drug-likeness (QED) is 0.219. The van der Waals surface area contributed by atoms with E-state index in [1.54, 1.807) is 0 Å². The fourth-order valence-corrected chi connectivity index (χ4v) is 8.06. The molecule has 3 heteroatoms. The zero-order chi connectivity index (χ0) is 23.8. The molecular formula is C32H24S3. The van der Waals surface area contributed by atoms with Gasteiger partial charge in [0, 0.05) is 29.9 Å². The Labute approximate surface area is 218 Å². The maximum absolute atomic E-state index is 2.40. The lowest BCUT2D eigenvalue weighted by atomic mass is 10.0. The standard InChI is InChI=1S/C32H24S3/c1-21-18-28(23-12-6-3-7-13-23)34-31(21)32-27(20-30(35-32)25-16-10-5-11-17-25)26-19-29(33-22(26)2)24-14-8-4-9-15-24/h3-20H,1-2H3. The molecule has 35 heavy (non-hydrogen) atoms. The van der Waals surface area contributed by atoms with Crippen molar-refractivity contribution in [2.24, 2.45) is 0 Å². The highest BCUT2D eigenvalue weighted by Crippen LogP contribution is 2.50. The minimum Gasteiger partial charge on any atom is -0.140 e. The van der Waals surface area contributed by atoms with Crippen LogP contribution in [0.3, 0.4) is 0 Å². The lowest BCUT2D eigenvalue weighted by Crippen LogP contribution is -1.78. The van der Waals surface area contributed by atoms with Crippen LogP contribution in [0.2, 0.25) is 0 Å². The molecule has 0 aliphatic carbocycles. The first-order chi connectivity index (χ1) is 17.2. The molecular weight excluding hydrogens is 481 g/mol. The van der Waals surface area contributed by atoms with Crippen molar-refractivity contribution in [3.8, 4) is 52.2 Å². The summed E-state index contributed by atoms with van der Waals surface area (Å²) >= 11 is 5.70. The second-order valence-corrected chi connectivity index (χ2v) is 12.0. The maximum atomic E-state index is 2.40. The van der Waals surface area contributed by atoms with Gasteiger partial charge in [-0.2, -0.15) is 0 Å². The third kappa shape index (κ3) is 4.32. The van der Waals surface area contributed by atoms with Gasteiger partial charge in [-0.1, -0.05) is 91.0 Å². The lowest BCUT2D eigenvalue weighted by molar-refractivity contribution is 1.55. The summed E-state index contributed by atoms with van der Waals surface area (Å²) in [6.07, 6.45) is 0. The van der Waals surface area contributed by atoms with E-state index in [-0.39, 0.29) is 0 Å². The van der Waals surface area contributed by atoms with Crippen LogP contribution in [0.15, 0.2) is 109 Å². The van der Waals surface area contributed by atoms with Gasteiger partial charge in [0.2, 0.25) is 0 Å². The summed E-state index contributed by atoms with van der Waals surface area (Å²) in [5.41, 5.74) is 7.87. The van der Waals surface area contributed by atoms with Crippen molar-refractivity contribution in [2.45, 2.75) is 13.8 Å². The molecule has 3 heterocycles. The molecule has 0 fully saturated rings. The molecule has 0 radical (unpaired) electrons. The highest BCUT2D eigenvalue weighted by Gasteiger charge is 2.21. The van der Waals surface area contributed by atoms with Crippen LogP contribution < -0.4 is 0 Å². The summed E-state index contributed by atoms with van der Waals surface area (Å²) < 4.78 is 0. The van der Waals surface area contributed by atoms with Crippen LogP contribution in [0, 0.1) is 13.8 Å². The molecule has 0 nitrogen and oxygen atoms in total.